The van der Waals surface area contributed by atoms with E-state index >= 15 is 0 Å². The molecule has 1 N–H and O–H groups in total. The highest BCUT2D eigenvalue weighted by Gasteiger charge is 2.28. The van der Waals surface area contributed by atoms with Crippen molar-refractivity contribution >= 4 is 33.2 Å². The number of amides is 2. The maximum Gasteiger partial charge on any atom is 0.264 e. The van der Waals surface area contributed by atoms with Gasteiger partial charge in [0, 0.05) is 22.7 Å². The molecule has 1 aromatic carbocycles. The fraction of sp³-hybridized carbons (Fsp3) is 0.333. The SMILES string of the molecule is Cc1c(C(=O)N2CC(=O)NC(C)C2)sc2cccc(F)c12. The molecule has 2 heterocycles. The minimum Gasteiger partial charge on any atom is -0.350 e. The number of hydrogen-bond acceptors (Lipinski definition) is 3. The topological polar surface area (TPSA) is 49.4 Å². The molecule has 21 heavy (non-hydrogen) atoms. The van der Waals surface area contributed by atoms with Crippen LogP contribution in [-0.2, 0) is 4.79 Å². The lowest BCUT2D eigenvalue weighted by Gasteiger charge is -2.31. The van der Waals surface area contributed by atoms with Crippen molar-refractivity contribution < 1.29 is 14.0 Å². The summed E-state index contributed by atoms with van der Waals surface area (Å²) in [7, 11) is 0. The number of piperazine rings is 1. The quantitative estimate of drug-likeness (QED) is 0.879. The third-order valence-electron chi connectivity index (χ3n) is 3.62. The average molecular weight is 306 g/mol. The van der Waals surface area contributed by atoms with Gasteiger partial charge < -0.3 is 10.2 Å². The maximum atomic E-state index is 13.9. The summed E-state index contributed by atoms with van der Waals surface area (Å²) in [5.41, 5.74) is 0.650. The highest BCUT2D eigenvalue weighted by molar-refractivity contribution is 7.21. The third-order valence-corrected chi connectivity index (χ3v) is 4.87. The Labute approximate surface area is 125 Å². The number of fused-ring (bicyclic) bond motifs is 1. The van der Waals surface area contributed by atoms with Crippen LogP contribution in [0.1, 0.15) is 22.2 Å². The molecule has 0 spiro atoms. The molecule has 0 saturated carbocycles. The molecular weight excluding hydrogens is 291 g/mol. The number of nitrogens with one attached hydrogen (secondary N) is 1. The van der Waals surface area contributed by atoms with E-state index in [-0.39, 0.29) is 30.2 Å². The molecule has 1 atom stereocenters. The highest BCUT2D eigenvalue weighted by Crippen LogP contribution is 2.33. The summed E-state index contributed by atoms with van der Waals surface area (Å²) in [6.07, 6.45) is 0. The van der Waals surface area contributed by atoms with Crippen LogP contribution in [0.4, 0.5) is 4.39 Å². The van der Waals surface area contributed by atoms with Crippen LogP contribution in [0.2, 0.25) is 0 Å². The molecule has 3 rings (SSSR count). The first-order valence-electron chi connectivity index (χ1n) is 6.73. The predicted octanol–water partition coefficient (Wildman–Crippen LogP) is 2.31. The van der Waals surface area contributed by atoms with E-state index in [0.717, 1.165) is 4.70 Å². The molecule has 0 aliphatic carbocycles. The molecule has 1 aliphatic rings. The lowest BCUT2D eigenvalue weighted by Crippen LogP contribution is -2.54. The normalized spacial score (nSPS) is 18.9. The van der Waals surface area contributed by atoms with Gasteiger partial charge in [-0.05, 0) is 31.5 Å². The van der Waals surface area contributed by atoms with Crippen LogP contribution in [0.15, 0.2) is 18.2 Å². The van der Waals surface area contributed by atoms with Crippen molar-refractivity contribution in [1.29, 1.82) is 0 Å². The van der Waals surface area contributed by atoms with Gasteiger partial charge in [0.1, 0.15) is 5.82 Å². The zero-order valence-electron chi connectivity index (χ0n) is 11.8. The van der Waals surface area contributed by atoms with E-state index in [0.29, 0.717) is 22.4 Å². The van der Waals surface area contributed by atoms with Crippen molar-refractivity contribution in [1.82, 2.24) is 10.2 Å². The fourth-order valence-corrected chi connectivity index (χ4v) is 3.88. The Balaban J connectivity index is 2.00. The summed E-state index contributed by atoms with van der Waals surface area (Å²) in [4.78, 5) is 26.2. The molecule has 0 bridgehead atoms. The van der Waals surface area contributed by atoms with Crippen molar-refractivity contribution in [3.05, 3.63) is 34.5 Å². The van der Waals surface area contributed by atoms with Crippen LogP contribution in [-0.4, -0.2) is 35.8 Å². The van der Waals surface area contributed by atoms with E-state index in [1.165, 1.54) is 22.3 Å². The molecule has 1 aliphatic heterocycles. The van der Waals surface area contributed by atoms with E-state index in [4.69, 9.17) is 0 Å². The van der Waals surface area contributed by atoms with E-state index in [2.05, 4.69) is 5.32 Å². The molecule has 2 aromatic rings. The second kappa shape index (κ2) is 5.11. The molecule has 110 valence electrons. The molecule has 1 fully saturated rings. The summed E-state index contributed by atoms with van der Waals surface area (Å²) >= 11 is 1.28. The average Bonchev–Trinajstić information content (AvgIpc) is 2.75. The highest BCUT2D eigenvalue weighted by atomic mass is 32.1. The second-order valence-corrected chi connectivity index (χ2v) is 6.38. The van der Waals surface area contributed by atoms with Crippen molar-refractivity contribution in [3.8, 4) is 0 Å². The standard InChI is InChI=1S/C15H15FN2O2S/c1-8-6-18(7-12(19)17-8)15(20)14-9(2)13-10(16)4-3-5-11(13)21-14/h3-5,8H,6-7H2,1-2H3,(H,17,19). The summed E-state index contributed by atoms with van der Waals surface area (Å²) in [5.74, 6) is -0.674. The number of hydrogen-bond donors (Lipinski definition) is 1. The summed E-state index contributed by atoms with van der Waals surface area (Å²) in [5, 5.41) is 3.28. The van der Waals surface area contributed by atoms with Crippen LogP contribution < -0.4 is 5.32 Å². The van der Waals surface area contributed by atoms with E-state index in [1.807, 2.05) is 6.92 Å². The minimum atomic E-state index is -0.315. The number of benzene rings is 1. The van der Waals surface area contributed by atoms with Gasteiger partial charge in [-0.15, -0.1) is 11.3 Å². The van der Waals surface area contributed by atoms with Crippen molar-refractivity contribution in [3.63, 3.8) is 0 Å². The van der Waals surface area contributed by atoms with E-state index in [9.17, 15) is 14.0 Å². The van der Waals surface area contributed by atoms with Gasteiger partial charge in [0.25, 0.3) is 5.91 Å². The Bertz CT molecular complexity index is 741. The molecule has 1 unspecified atom stereocenters. The molecule has 1 saturated heterocycles. The van der Waals surface area contributed by atoms with Crippen molar-refractivity contribution in [2.24, 2.45) is 0 Å². The molecular formula is C15H15FN2O2S. The molecule has 4 nitrogen and oxygen atoms in total. The maximum absolute atomic E-state index is 13.9. The fourth-order valence-electron chi connectivity index (χ4n) is 2.69. The number of carbonyl (C=O) groups is 2. The first-order valence-corrected chi connectivity index (χ1v) is 7.55. The minimum absolute atomic E-state index is 0.0549. The molecule has 6 heteroatoms. The number of carbonyl (C=O) groups excluding carboxylic acids is 2. The Morgan fingerprint density at radius 3 is 2.90 bits per heavy atom. The summed E-state index contributed by atoms with van der Waals surface area (Å²) in [6.45, 7) is 4.14. The smallest absolute Gasteiger partial charge is 0.264 e. The first-order chi connectivity index (χ1) is 9.97. The Morgan fingerprint density at radius 2 is 2.24 bits per heavy atom. The van der Waals surface area contributed by atoms with Gasteiger partial charge in [-0.2, -0.15) is 0 Å². The largest absolute Gasteiger partial charge is 0.350 e. The van der Waals surface area contributed by atoms with Gasteiger partial charge in [0.15, 0.2) is 0 Å². The van der Waals surface area contributed by atoms with Gasteiger partial charge >= 0.3 is 0 Å². The summed E-state index contributed by atoms with van der Waals surface area (Å²) < 4.78 is 14.7. The lowest BCUT2D eigenvalue weighted by molar-refractivity contribution is -0.124. The zero-order valence-corrected chi connectivity index (χ0v) is 12.6. The van der Waals surface area contributed by atoms with Crippen LogP contribution in [0.3, 0.4) is 0 Å². The van der Waals surface area contributed by atoms with Gasteiger partial charge in [-0.25, -0.2) is 4.39 Å². The number of nitrogens with zero attached hydrogens (tertiary/aromatic N) is 1. The first kappa shape index (κ1) is 14.0. The third kappa shape index (κ3) is 2.40. The number of halogens is 1. The van der Waals surface area contributed by atoms with E-state index < -0.39 is 0 Å². The van der Waals surface area contributed by atoms with Crippen LogP contribution >= 0.6 is 11.3 Å². The van der Waals surface area contributed by atoms with Crippen LogP contribution in [0.5, 0.6) is 0 Å². The molecule has 0 radical (unpaired) electrons. The van der Waals surface area contributed by atoms with Gasteiger partial charge in [-0.1, -0.05) is 6.07 Å². The Morgan fingerprint density at radius 1 is 1.48 bits per heavy atom. The van der Waals surface area contributed by atoms with Gasteiger partial charge in [0.05, 0.1) is 11.4 Å². The van der Waals surface area contributed by atoms with Gasteiger partial charge in [0.2, 0.25) is 5.91 Å². The predicted molar refractivity (Wildman–Crippen MR) is 80.0 cm³/mol. The molecule has 1 aromatic heterocycles. The number of aryl methyl sites for hydroxylation is 1. The molecule has 2 amide bonds. The number of thiophene rings is 1. The van der Waals surface area contributed by atoms with Crippen molar-refractivity contribution in [2.75, 3.05) is 13.1 Å². The number of rotatable bonds is 1. The summed E-state index contributed by atoms with van der Waals surface area (Å²) in [6, 6.07) is 4.77. The second-order valence-electron chi connectivity index (χ2n) is 5.32. The van der Waals surface area contributed by atoms with E-state index in [1.54, 1.807) is 19.1 Å². The van der Waals surface area contributed by atoms with Crippen molar-refractivity contribution in [2.45, 2.75) is 19.9 Å². The zero-order chi connectivity index (χ0) is 15.1. The Hall–Kier alpha value is -1.95. The Kier molecular flexibility index (Phi) is 3.41. The monoisotopic (exact) mass is 306 g/mol. The van der Waals surface area contributed by atoms with Gasteiger partial charge in [-0.3, -0.25) is 9.59 Å². The van der Waals surface area contributed by atoms with Crippen LogP contribution in [0, 0.1) is 12.7 Å². The lowest BCUT2D eigenvalue weighted by atomic mass is 10.1. The van der Waals surface area contributed by atoms with Crippen LogP contribution in [0.25, 0.3) is 10.1 Å².